The van der Waals surface area contributed by atoms with Crippen LogP contribution in [-0.2, 0) is 12.8 Å². The summed E-state index contributed by atoms with van der Waals surface area (Å²) in [5.41, 5.74) is 10.3. The van der Waals surface area contributed by atoms with Crippen molar-refractivity contribution < 1.29 is 4.79 Å². The van der Waals surface area contributed by atoms with Gasteiger partial charge in [-0.15, -0.1) is 11.3 Å². The summed E-state index contributed by atoms with van der Waals surface area (Å²) in [6, 6.07) is 10.9. The number of aromatic nitrogens is 1. The molecule has 1 amide bonds. The minimum Gasteiger partial charge on any atom is -0.397 e. The Morgan fingerprint density at radius 1 is 1.24 bits per heavy atom. The molecule has 5 nitrogen and oxygen atoms in total. The molecule has 4 rings (SSSR count). The first-order valence-electron chi connectivity index (χ1n) is 8.18. The zero-order valence-electron chi connectivity index (χ0n) is 13.5. The number of pyridine rings is 1. The molecular weight excluding hydrogens is 332 g/mol. The molecule has 0 bridgehead atoms. The predicted molar refractivity (Wildman–Crippen MR) is 99.8 cm³/mol. The van der Waals surface area contributed by atoms with E-state index in [0.29, 0.717) is 21.8 Å². The molecule has 124 valence electrons. The van der Waals surface area contributed by atoms with Gasteiger partial charge < -0.3 is 11.1 Å². The molecule has 0 fully saturated rings. The molecule has 2 heterocycles. The molecule has 2 aromatic heterocycles. The molecule has 0 aliphatic heterocycles. The van der Waals surface area contributed by atoms with Gasteiger partial charge in [0.15, 0.2) is 0 Å². The highest BCUT2D eigenvalue weighted by atomic mass is 32.1. The van der Waals surface area contributed by atoms with E-state index in [1.807, 2.05) is 0 Å². The first-order valence-corrected chi connectivity index (χ1v) is 8.99. The SMILES string of the molecule is N#Cc1ccc(NC(=O)c2sc3nc4c(cc3c2N)CCCC4)cc1. The maximum Gasteiger partial charge on any atom is 0.267 e. The number of hydrogen-bond donors (Lipinski definition) is 2. The maximum absolute atomic E-state index is 12.6. The second-order valence-electron chi connectivity index (χ2n) is 6.14. The summed E-state index contributed by atoms with van der Waals surface area (Å²) in [7, 11) is 0. The Kier molecular flexibility index (Phi) is 3.86. The lowest BCUT2D eigenvalue weighted by molar-refractivity contribution is 0.103. The fourth-order valence-electron chi connectivity index (χ4n) is 3.14. The monoisotopic (exact) mass is 348 g/mol. The zero-order valence-corrected chi connectivity index (χ0v) is 14.3. The summed E-state index contributed by atoms with van der Waals surface area (Å²) >= 11 is 1.33. The number of hydrogen-bond acceptors (Lipinski definition) is 5. The van der Waals surface area contributed by atoms with Crippen molar-refractivity contribution in [3.63, 3.8) is 0 Å². The van der Waals surface area contributed by atoms with E-state index in [0.717, 1.165) is 28.8 Å². The number of carbonyl (C=O) groups is 1. The van der Waals surface area contributed by atoms with Crippen LogP contribution >= 0.6 is 11.3 Å². The van der Waals surface area contributed by atoms with Crippen LogP contribution in [0.2, 0.25) is 0 Å². The fraction of sp³-hybridized carbons (Fsp3) is 0.211. The molecule has 3 aromatic rings. The third kappa shape index (κ3) is 2.83. The van der Waals surface area contributed by atoms with Crippen LogP contribution < -0.4 is 11.1 Å². The van der Waals surface area contributed by atoms with Crippen LogP contribution in [0.25, 0.3) is 10.2 Å². The number of carbonyl (C=O) groups excluding carboxylic acids is 1. The third-order valence-electron chi connectivity index (χ3n) is 4.48. The van der Waals surface area contributed by atoms with Crippen molar-refractivity contribution in [3.8, 4) is 6.07 Å². The van der Waals surface area contributed by atoms with E-state index in [2.05, 4.69) is 17.5 Å². The van der Waals surface area contributed by atoms with Crippen LogP contribution in [0.3, 0.4) is 0 Å². The highest BCUT2D eigenvalue weighted by molar-refractivity contribution is 7.21. The van der Waals surface area contributed by atoms with Crippen molar-refractivity contribution in [1.29, 1.82) is 5.26 Å². The van der Waals surface area contributed by atoms with Crippen LogP contribution in [-0.4, -0.2) is 10.9 Å². The van der Waals surface area contributed by atoms with Crippen molar-refractivity contribution in [2.75, 3.05) is 11.1 Å². The number of thiophene rings is 1. The highest BCUT2D eigenvalue weighted by Crippen LogP contribution is 2.35. The molecule has 25 heavy (non-hydrogen) atoms. The first-order chi connectivity index (χ1) is 12.2. The number of nitrogens with zero attached hydrogens (tertiary/aromatic N) is 2. The lowest BCUT2D eigenvalue weighted by Crippen LogP contribution is -2.11. The van der Waals surface area contributed by atoms with Crippen molar-refractivity contribution >= 4 is 38.8 Å². The summed E-state index contributed by atoms with van der Waals surface area (Å²) < 4.78 is 0. The average Bonchev–Trinajstić information content (AvgIpc) is 2.96. The smallest absolute Gasteiger partial charge is 0.267 e. The summed E-state index contributed by atoms with van der Waals surface area (Å²) in [6.45, 7) is 0. The lowest BCUT2D eigenvalue weighted by Gasteiger charge is -2.14. The zero-order chi connectivity index (χ0) is 17.4. The number of aryl methyl sites for hydroxylation is 2. The summed E-state index contributed by atoms with van der Waals surface area (Å²) in [4.78, 5) is 18.6. The Bertz CT molecular complexity index is 1010. The number of nitrogens with one attached hydrogen (secondary N) is 1. The molecule has 0 radical (unpaired) electrons. The number of benzene rings is 1. The number of fused-ring (bicyclic) bond motifs is 2. The summed E-state index contributed by atoms with van der Waals surface area (Å²) in [6.07, 6.45) is 4.37. The molecule has 6 heteroatoms. The second-order valence-corrected chi connectivity index (χ2v) is 7.14. The van der Waals surface area contributed by atoms with E-state index < -0.39 is 0 Å². The van der Waals surface area contributed by atoms with Crippen molar-refractivity contribution in [1.82, 2.24) is 4.98 Å². The molecule has 1 aliphatic carbocycles. The van der Waals surface area contributed by atoms with Crippen molar-refractivity contribution in [3.05, 3.63) is 52.0 Å². The molecule has 0 atom stereocenters. The van der Waals surface area contributed by atoms with Gasteiger partial charge in [0.1, 0.15) is 9.71 Å². The van der Waals surface area contributed by atoms with E-state index in [1.54, 1.807) is 24.3 Å². The quantitative estimate of drug-likeness (QED) is 0.735. The molecule has 0 spiro atoms. The van der Waals surface area contributed by atoms with E-state index in [4.69, 9.17) is 16.0 Å². The number of rotatable bonds is 2. The van der Waals surface area contributed by atoms with Crippen LogP contribution in [0.4, 0.5) is 11.4 Å². The van der Waals surface area contributed by atoms with Crippen LogP contribution in [0.15, 0.2) is 30.3 Å². The van der Waals surface area contributed by atoms with Gasteiger partial charge in [-0.25, -0.2) is 4.98 Å². The van der Waals surface area contributed by atoms with Gasteiger partial charge >= 0.3 is 0 Å². The van der Waals surface area contributed by atoms with Gasteiger partial charge in [0, 0.05) is 16.8 Å². The standard InChI is InChI=1S/C19H16N4OS/c20-10-11-5-7-13(8-6-11)22-18(24)17-16(21)14-9-12-3-1-2-4-15(12)23-19(14)25-17/h5-9H,1-4,21H2,(H,22,24). The van der Waals surface area contributed by atoms with Crippen molar-refractivity contribution in [2.24, 2.45) is 0 Å². The van der Waals surface area contributed by atoms with Crippen LogP contribution in [0, 0.1) is 11.3 Å². The number of nitrogens with two attached hydrogens (primary N) is 1. The average molecular weight is 348 g/mol. The molecule has 0 unspecified atom stereocenters. The largest absolute Gasteiger partial charge is 0.397 e. The van der Waals surface area contributed by atoms with Gasteiger partial charge in [0.25, 0.3) is 5.91 Å². The number of anilines is 2. The molecule has 3 N–H and O–H groups in total. The minimum atomic E-state index is -0.247. The van der Waals surface area contributed by atoms with E-state index in [-0.39, 0.29) is 5.91 Å². The Morgan fingerprint density at radius 2 is 2.00 bits per heavy atom. The van der Waals surface area contributed by atoms with Crippen LogP contribution in [0.1, 0.15) is 39.3 Å². The topological polar surface area (TPSA) is 91.8 Å². The Balaban J connectivity index is 1.67. The van der Waals surface area contributed by atoms with Gasteiger partial charge in [0.2, 0.25) is 0 Å². The number of nitrogen functional groups attached to an aromatic ring is 1. The number of nitriles is 1. The van der Waals surface area contributed by atoms with Gasteiger partial charge in [-0.3, -0.25) is 4.79 Å². The van der Waals surface area contributed by atoms with Gasteiger partial charge in [-0.05, 0) is 61.6 Å². The van der Waals surface area contributed by atoms with Gasteiger partial charge in [0.05, 0.1) is 17.3 Å². The summed E-state index contributed by atoms with van der Waals surface area (Å²) in [5, 5.41) is 12.5. The minimum absolute atomic E-state index is 0.247. The Labute approximate surface area is 149 Å². The van der Waals surface area contributed by atoms with E-state index in [1.165, 1.54) is 29.7 Å². The molecule has 1 aromatic carbocycles. The van der Waals surface area contributed by atoms with Crippen LogP contribution in [0.5, 0.6) is 0 Å². The van der Waals surface area contributed by atoms with Crippen molar-refractivity contribution in [2.45, 2.75) is 25.7 Å². The Hall–Kier alpha value is -2.91. The highest BCUT2D eigenvalue weighted by Gasteiger charge is 2.20. The second kappa shape index (κ2) is 6.19. The predicted octanol–water partition coefficient (Wildman–Crippen LogP) is 3.88. The first kappa shape index (κ1) is 15.6. The molecule has 1 aliphatic rings. The number of amides is 1. The van der Waals surface area contributed by atoms with E-state index in [9.17, 15) is 4.79 Å². The summed E-state index contributed by atoms with van der Waals surface area (Å²) in [5.74, 6) is -0.247. The van der Waals surface area contributed by atoms with E-state index >= 15 is 0 Å². The molecular formula is C19H16N4OS. The fourth-order valence-corrected chi connectivity index (χ4v) is 4.14. The molecule has 0 saturated carbocycles. The van der Waals surface area contributed by atoms with Gasteiger partial charge in [-0.2, -0.15) is 5.26 Å². The Morgan fingerprint density at radius 3 is 2.76 bits per heavy atom. The third-order valence-corrected chi connectivity index (χ3v) is 5.59. The normalized spacial score (nSPS) is 13.2. The maximum atomic E-state index is 12.6. The lowest BCUT2D eigenvalue weighted by atomic mass is 9.95. The van der Waals surface area contributed by atoms with Gasteiger partial charge in [-0.1, -0.05) is 0 Å². The molecule has 0 saturated heterocycles.